The minimum absolute atomic E-state index is 0.0167. The number of nitrogens with zero attached hydrogens (tertiary/aromatic N) is 4. The van der Waals surface area contributed by atoms with Gasteiger partial charge in [-0.2, -0.15) is 5.10 Å². The highest BCUT2D eigenvalue weighted by Gasteiger charge is 2.25. The summed E-state index contributed by atoms with van der Waals surface area (Å²) in [7, 11) is 1.86. The van der Waals surface area contributed by atoms with Gasteiger partial charge in [0, 0.05) is 38.9 Å². The van der Waals surface area contributed by atoms with Crippen LogP contribution in [0.4, 0.5) is 4.39 Å². The monoisotopic (exact) mass is 386 g/mol. The molecule has 6 heteroatoms. The Morgan fingerprint density at radius 3 is 2.86 bits per heavy atom. The fourth-order valence-corrected chi connectivity index (χ4v) is 3.98. The van der Waals surface area contributed by atoms with Crippen LogP contribution < -0.4 is 0 Å². The third-order valence-electron chi connectivity index (χ3n) is 5.69. The first-order chi connectivity index (χ1) is 13.5. The second-order valence-electron chi connectivity index (χ2n) is 7.83. The fraction of sp³-hybridized carbons (Fsp3) is 0.545. The van der Waals surface area contributed by atoms with Gasteiger partial charge in [-0.1, -0.05) is 12.1 Å². The van der Waals surface area contributed by atoms with E-state index in [1.165, 1.54) is 6.07 Å². The maximum atomic E-state index is 13.4. The van der Waals surface area contributed by atoms with Gasteiger partial charge in [0.05, 0.1) is 0 Å². The molecule has 5 nitrogen and oxygen atoms in total. The highest BCUT2D eigenvalue weighted by molar-refractivity contribution is 5.92. The Kier molecular flexibility index (Phi) is 6.83. The summed E-state index contributed by atoms with van der Waals surface area (Å²) in [4.78, 5) is 17.2. The number of benzene rings is 1. The number of carbonyl (C=O) groups is 1. The predicted molar refractivity (Wildman–Crippen MR) is 109 cm³/mol. The fourth-order valence-electron chi connectivity index (χ4n) is 3.98. The smallest absolute Gasteiger partial charge is 0.274 e. The van der Waals surface area contributed by atoms with Crippen molar-refractivity contribution in [2.24, 2.45) is 13.0 Å². The number of rotatable bonds is 7. The lowest BCUT2D eigenvalue weighted by Gasteiger charge is -2.35. The Morgan fingerprint density at radius 2 is 2.18 bits per heavy atom. The zero-order chi connectivity index (χ0) is 20.1. The number of likely N-dealkylation sites (tertiary alicyclic amines) is 1. The molecule has 3 rings (SSSR count). The maximum Gasteiger partial charge on any atom is 0.274 e. The van der Waals surface area contributed by atoms with Gasteiger partial charge in [-0.15, -0.1) is 0 Å². The number of piperidine rings is 1. The lowest BCUT2D eigenvalue weighted by molar-refractivity contribution is 0.0684. The predicted octanol–water partition coefficient (Wildman–Crippen LogP) is 3.28. The molecule has 152 valence electrons. The van der Waals surface area contributed by atoms with Crippen LogP contribution in [0.2, 0.25) is 0 Å². The lowest BCUT2D eigenvalue weighted by atomic mass is 9.96. The molecular formula is C22H31FN4O. The second kappa shape index (κ2) is 9.32. The van der Waals surface area contributed by atoms with E-state index in [4.69, 9.17) is 0 Å². The van der Waals surface area contributed by atoms with Gasteiger partial charge in [-0.25, -0.2) is 4.39 Å². The molecule has 1 aliphatic heterocycles. The lowest BCUT2D eigenvalue weighted by Crippen LogP contribution is -2.43. The van der Waals surface area contributed by atoms with Crippen molar-refractivity contribution in [2.45, 2.75) is 33.1 Å². The van der Waals surface area contributed by atoms with E-state index in [1.807, 2.05) is 37.9 Å². The van der Waals surface area contributed by atoms with Crippen LogP contribution in [-0.2, 0) is 13.5 Å². The quantitative estimate of drug-likeness (QED) is 0.733. The van der Waals surface area contributed by atoms with E-state index in [0.29, 0.717) is 18.2 Å². The Hall–Kier alpha value is -2.21. The van der Waals surface area contributed by atoms with Crippen LogP contribution in [-0.4, -0.2) is 58.2 Å². The summed E-state index contributed by atoms with van der Waals surface area (Å²) in [6.45, 7) is 8.43. The first-order valence-corrected chi connectivity index (χ1v) is 10.2. The number of aryl methyl sites for hydroxylation is 2. The van der Waals surface area contributed by atoms with Crippen LogP contribution >= 0.6 is 0 Å². The largest absolute Gasteiger partial charge is 0.337 e. The average molecular weight is 387 g/mol. The van der Waals surface area contributed by atoms with Crippen molar-refractivity contribution in [1.82, 2.24) is 19.6 Å². The molecule has 0 unspecified atom stereocenters. The van der Waals surface area contributed by atoms with Gasteiger partial charge in [0.15, 0.2) is 5.69 Å². The van der Waals surface area contributed by atoms with Crippen LogP contribution in [0.15, 0.2) is 30.3 Å². The number of aromatic nitrogens is 2. The standard InChI is InChI=1S/C22H31FN4O/c1-4-27(22(28)21-13-17(2)25(3)24-21)16-19-8-6-11-26(15-19)12-10-18-7-5-9-20(23)14-18/h5,7,9,13-14,19H,4,6,8,10-12,15-16H2,1-3H3/t19-/m0/s1. The van der Waals surface area contributed by atoms with Crippen molar-refractivity contribution >= 4 is 5.91 Å². The highest BCUT2D eigenvalue weighted by Crippen LogP contribution is 2.19. The van der Waals surface area contributed by atoms with E-state index in [2.05, 4.69) is 10.00 Å². The third-order valence-corrected chi connectivity index (χ3v) is 5.69. The molecule has 0 aliphatic carbocycles. The summed E-state index contributed by atoms with van der Waals surface area (Å²) in [5.74, 6) is 0.314. The summed E-state index contributed by atoms with van der Waals surface area (Å²) < 4.78 is 15.1. The van der Waals surface area contributed by atoms with Gasteiger partial charge < -0.3 is 9.80 Å². The summed E-state index contributed by atoms with van der Waals surface area (Å²) in [6.07, 6.45) is 3.14. The first kappa shape index (κ1) is 20.5. The third kappa shape index (κ3) is 5.19. The van der Waals surface area contributed by atoms with Crippen LogP contribution in [0, 0.1) is 18.7 Å². The van der Waals surface area contributed by atoms with E-state index in [0.717, 1.165) is 56.7 Å². The number of hydrogen-bond acceptors (Lipinski definition) is 3. The number of halogens is 1. The molecular weight excluding hydrogens is 355 g/mol. The molecule has 0 N–H and O–H groups in total. The zero-order valence-electron chi connectivity index (χ0n) is 17.2. The molecule has 1 aromatic heterocycles. The Balaban J connectivity index is 1.54. The molecule has 0 saturated carbocycles. The van der Waals surface area contributed by atoms with Gasteiger partial charge >= 0.3 is 0 Å². The highest BCUT2D eigenvalue weighted by atomic mass is 19.1. The van der Waals surface area contributed by atoms with Gasteiger partial charge in [0.25, 0.3) is 5.91 Å². The van der Waals surface area contributed by atoms with Crippen LogP contribution in [0.3, 0.4) is 0 Å². The van der Waals surface area contributed by atoms with E-state index in [-0.39, 0.29) is 11.7 Å². The van der Waals surface area contributed by atoms with Crippen LogP contribution in [0.5, 0.6) is 0 Å². The minimum Gasteiger partial charge on any atom is -0.337 e. The topological polar surface area (TPSA) is 41.4 Å². The SMILES string of the molecule is CCN(C[C@H]1CCCN(CCc2cccc(F)c2)C1)C(=O)c1cc(C)n(C)n1. The van der Waals surface area contributed by atoms with Crippen molar-refractivity contribution in [3.8, 4) is 0 Å². The van der Waals surface area contributed by atoms with Crippen molar-refractivity contribution in [1.29, 1.82) is 0 Å². The van der Waals surface area contributed by atoms with Crippen LogP contribution in [0.1, 0.15) is 41.5 Å². The first-order valence-electron chi connectivity index (χ1n) is 10.2. The number of hydrogen-bond donors (Lipinski definition) is 0. The van der Waals surface area contributed by atoms with E-state index < -0.39 is 0 Å². The maximum absolute atomic E-state index is 13.4. The average Bonchev–Trinajstić information content (AvgIpc) is 3.03. The molecule has 2 heterocycles. The van der Waals surface area contributed by atoms with E-state index in [9.17, 15) is 9.18 Å². The molecule has 0 spiro atoms. The molecule has 1 saturated heterocycles. The Bertz CT molecular complexity index is 784. The molecule has 1 aromatic carbocycles. The van der Waals surface area contributed by atoms with Crippen molar-refractivity contribution in [2.75, 3.05) is 32.7 Å². The molecule has 2 aromatic rings. The molecule has 1 atom stereocenters. The van der Waals surface area contributed by atoms with Gasteiger partial charge in [0.2, 0.25) is 0 Å². The van der Waals surface area contributed by atoms with Gasteiger partial charge in [0.1, 0.15) is 5.82 Å². The normalized spacial score (nSPS) is 17.6. The number of amides is 1. The van der Waals surface area contributed by atoms with Crippen molar-refractivity contribution in [3.63, 3.8) is 0 Å². The molecule has 1 amide bonds. The summed E-state index contributed by atoms with van der Waals surface area (Å²) in [6, 6.07) is 8.72. The minimum atomic E-state index is -0.170. The summed E-state index contributed by atoms with van der Waals surface area (Å²) in [5.41, 5.74) is 2.55. The van der Waals surface area contributed by atoms with Crippen molar-refractivity contribution < 1.29 is 9.18 Å². The second-order valence-corrected chi connectivity index (χ2v) is 7.83. The molecule has 0 bridgehead atoms. The van der Waals surface area contributed by atoms with Gasteiger partial charge in [-0.05, 0) is 69.3 Å². The Labute approximate surface area is 167 Å². The molecule has 1 aliphatic rings. The van der Waals surface area contributed by atoms with E-state index >= 15 is 0 Å². The number of carbonyl (C=O) groups excluding carboxylic acids is 1. The molecule has 28 heavy (non-hydrogen) atoms. The summed E-state index contributed by atoms with van der Waals surface area (Å²) >= 11 is 0. The van der Waals surface area contributed by atoms with E-state index in [1.54, 1.807) is 16.8 Å². The molecule has 0 radical (unpaired) electrons. The zero-order valence-corrected chi connectivity index (χ0v) is 17.2. The van der Waals surface area contributed by atoms with Crippen LogP contribution in [0.25, 0.3) is 0 Å². The van der Waals surface area contributed by atoms with Gasteiger partial charge in [-0.3, -0.25) is 9.48 Å². The molecule has 1 fully saturated rings. The summed E-state index contributed by atoms with van der Waals surface area (Å²) in [5, 5.41) is 4.34. The van der Waals surface area contributed by atoms with Crippen molar-refractivity contribution in [3.05, 3.63) is 53.1 Å². The Morgan fingerprint density at radius 1 is 1.36 bits per heavy atom.